The molecule has 1 unspecified atom stereocenters. The molecular formula is C29H36N2O. The van der Waals surface area contributed by atoms with Crippen molar-refractivity contribution in [2.24, 2.45) is 23.7 Å². The Morgan fingerprint density at radius 1 is 1.00 bits per heavy atom. The Labute approximate surface area is 192 Å². The van der Waals surface area contributed by atoms with E-state index >= 15 is 0 Å². The van der Waals surface area contributed by atoms with Crippen LogP contribution in [-0.4, -0.2) is 15.8 Å². The van der Waals surface area contributed by atoms with Crippen LogP contribution < -0.4 is 0 Å². The van der Waals surface area contributed by atoms with Gasteiger partial charge in [-0.3, -0.25) is 9.78 Å². The van der Waals surface area contributed by atoms with Crippen LogP contribution in [0.1, 0.15) is 80.1 Å². The van der Waals surface area contributed by atoms with Crippen molar-refractivity contribution in [1.29, 1.82) is 0 Å². The maximum Gasteiger partial charge on any atom is 0.162 e. The van der Waals surface area contributed by atoms with Crippen LogP contribution in [-0.2, 0) is 6.42 Å². The van der Waals surface area contributed by atoms with Crippen LogP contribution in [0.5, 0.6) is 0 Å². The molecule has 3 nitrogen and oxygen atoms in total. The molecule has 2 fully saturated rings. The molecule has 2 aromatic heterocycles. The Balaban J connectivity index is 1.02. The third kappa shape index (κ3) is 4.98. The fourth-order valence-corrected chi connectivity index (χ4v) is 6.66. The average Bonchev–Trinajstić information content (AvgIpc) is 3.38. The summed E-state index contributed by atoms with van der Waals surface area (Å²) in [6.45, 7) is 0. The van der Waals surface area contributed by atoms with Gasteiger partial charge in [0.2, 0.25) is 0 Å². The summed E-state index contributed by atoms with van der Waals surface area (Å²) in [5.41, 5.74) is 3.30. The van der Waals surface area contributed by atoms with E-state index < -0.39 is 0 Å². The molecule has 4 atom stereocenters. The van der Waals surface area contributed by atoms with Gasteiger partial charge >= 0.3 is 0 Å². The predicted molar refractivity (Wildman–Crippen MR) is 131 cm³/mol. The van der Waals surface area contributed by atoms with Crippen LogP contribution in [0.4, 0.5) is 0 Å². The number of nitrogens with one attached hydrogen (secondary N) is 1. The van der Waals surface area contributed by atoms with Gasteiger partial charge in [0.15, 0.2) is 5.78 Å². The van der Waals surface area contributed by atoms with Crippen molar-refractivity contribution in [2.75, 3.05) is 0 Å². The Bertz CT molecular complexity index is 1010. The van der Waals surface area contributed by atoms with Crippen molar-refractivity contribution in [2.45, 2.75) is 70.6 Å². The summed E-state index contributed by atoms with van der Waals surface area (Å²) in [5.74, 6) is 4.07. The first-order valence-corrected chi connectivity index (χ1v) is 12.8. The first-order valence-electron chi connectivity index (χ1n) is 12.8. The number of aromatic amines is 1. The van der Waals surface area contributed by atoms with E-state index in [9.17, 15) is 4.79 Å². The number of aromatic nitrogens is 2. The van der Waals surface area contributed by atoms with Crippen molar-refractivity contribution in [3.8, 4) is 0 Å². The first kappa shape index (κ1) is 21.4. The van der Waals surface area contributed by atoms with Gasteiger partial charge in [-0.05, 0) is 104 Å². The minimum Gasteiger partial charge on any atom is -0.361 e. The maximum absolute atomic E-state index is 12.6. The lowest BCUT2D eigenvalue weighted by atomic mass is 9.70. The lowest BCUT2D eigenvalue weighted by Crippen LogP contribution is -2.26. The second-order valence-electron chi connectivity index (χ2n) is 10.3. The van der Waals surface area contributed by atoms with Gasteiger partial charge in [0, 0.05) is 36.1 Å². The highest BCUT2D eigenvalue weighted by Crippen LogP contribution is 2.51. The van der Waals surface area contributed by atoms with Crippen molar-refractivity contribution in [3.63, 3.8) is 0 Å². The number of hydrogen-bond donors (Lipinski definition) is 1. The van der Waals surface area contributed by atoms with Crippen LogP contribution in [0.15, 0.2) is 55.0 Å². The standard InChI is InChI=1S/C29H36N2O/c32-29(26-13-10-23-14-16-31-28(23)19-26)9-2-1-5-22-17-24-11-12-25(18-22)27(24)8-3-6-21-7-4-15-30-20-21/h4,7,10,13-16,19-20,22,24-25,27,31H,1-3,5-6,8-9,11-12,17-18H2/t22-,24-,25+,27?. The SMILES string of the molecule is O=C(CCCC[C@@H]1C[C@H]2CC[C@@H](C1)C2CCCc1cccnc1)c1ccc2cc[nH]c2c1. The molecule has 3 aromatic rings. The molecule has 168 valence electrons. The van der Waals surface area contributed by atoms with Crippen molar-refractivity contribution in [1.82, 2.24) is 9.97 Å². The number of Topliss-reactive ketones (excluding diaryl/α,β-unsaturated/α-hetero) is 1. The number of carbonyl (C=O) groups is 1. The van der Waals surface area contributed by atoms with E-state index in [1.165, 1.54) is 68.7 Å². The third-order valence-electron chi connectivity index (χ3n) is 8.26. The largest absolute Gasteiger partial charge is 0.361 e. The van der Waals surface area contributed by atoms with Crippen LogP contribution in [0, 0.1) is 23.7 Å². The third-order valence-corrected chi connectivity index (χ3v) is 8.26. The average molecular weight is 429 g/mol. The molecule has 5 rings (SSSR count). The second kappa shape index (κ2) is 10.0. The van der Waals surface area contributed by atoms with Gasteiger partial charge in [0.25, 0.3) is 0 Å². The summed E-state index contributed by atoms with van der Waals surface area (Å²) in [6.07, 6.45) is 19.7. The summed E-state index contributed by atoms with van der Waals surface area (Å²) in [5, 5.41) is 1.17. The van der Waals surface area contributed by atoms with Gasteiger partial charge in [-0.25, -0.2) is 0 Å². The molecule has 1 aromatic carbocycles. The Hall–Kier alpha value is -2.42. The molecule has 0 amide bonds. The lowest BCUT2D eigenvalue weighted by Gasteiger charge is -2.35. The summed E-state index contributed by atoms with van der Waals surface area (Å²) in [4.78, 5) is 20.1. The van der Waals surface area contributed by atoms with E-state index in [4.69, 9.17) is 0 Å². The highest BCUT2D eigenvalue weighted by Gasteiger charge is 2.41. The van der Waals surface area contributed by atoms with E-state index in [0.29, 0.717) is 12.2 Å². The minimum absolute atomic E-state index is 0.291. The number of carbonyl (C=O) groups excluding carboxylic acids is 1. The van der Waals surface area contributed by atoms with Gasteiger partial charge in [-0.15, -0.1) is 0 Å². The molecule has 2 saturated carbocycles. The van der Waals surface area contributed by atoms with E-state index in [0.717, 1.165) is 41.2 Å². The van der Waals surface area contributed by atoms with Gasteiger partial charge in [-0.2, -0.15) is 0 Å². The van der Waals surface area contributed by atoms with Crippen LogP contribution in [0.3, 0.4) is 0 Å². The summed E-state index contributed by atoms with van der Waals surface area (Å²) in [6, 6.07) is 12.3. The predicted octanol–water partition coefficient (Wildman–Crippen LogP) is 7.38. The summed E-state index contributed by atoms with van der Waals surface area (Å²) >= 11 is 0. The Morgan fingerprint density at radius 3 is 2.69 bits per heavy atom. The quantitative estimate of drug-likeness (QED) is 0.270. The number of nitrogens with zero attached hydrogens (tertiary/aromatic N) is 1. The molecular weight excluding hydrogens is 392 g/mol. The Morgan fingerprint density at radius 2 is 1.88 bits per heavy atom. The van der Waals surface area contributed by atoms with Gasteiger partial charge in [0.1, 0.15) is 0 Å². The van der Waals surface area contributed by atoms with E-state index in [-0.39, 0.29) is 0 Å². The zero-order valence-corrected chi connectivity index (χ0v) is 19.1. The van der Waals surface area contributed by atoms with E-state index in [2.05, 4.69) is 22.1 Å². The number of hydrogen-bond acceptors (Lipinski definition) is 2. The maximum atomic E-state index is 12.6. The minimum atomic E-state index is 0.291. The van der Waals surface area contributed by atoms with Gasteiger partial charge < -0.3 is 4.98 Å². The molecule has 2 heterocycles. The number of rotatable bonds is 10. The molecule has 32 heavy (non-hydrogen) atoms. The highest BCUT2D eigenvalue weighted by molar-refractivity contribution is 5.99. The molecule has 0 saturated heterocycles. The molecule has 3 heteroatoms. The van der Waals surface area contributed by atoms with Crippen molar-refractivity contribution in [3.05, 3.63) is 66.1 Å². The second-order valence-corrected chi connectivity index (χ2v) is 10.3. The topological polar surface area (TPSA) is 45.8 Å². The molecule has 0 radical (unpaired) electrons. The number of ketones is 1. The highest BCUT2D eigenvalue weighted by atomic mass is 16.1. The lowest BCUT2D eigenvalue weighted by molar-refractivity contribution is 0.0976. The number of unbranched alkanes of at least 4 members (excludes halogenated alkanes) is 1. The van der Waals surface area contributed by atoms with Gasteiger partial charge in [0.05, 0.1) is 0 Å². The molecule has 2 aliphatic rings. The number of benzene rings is 1. The van der Waals surface area contributed by atoms with Crippen molar-refractivity contribution < 1.29 is 4.79 Å². The molecule has 0 spiro atoms. The first-order chi connectivity index (χ1) is 15.8. The normalized spacial score (nSPS) is 24.8. The van der Waals surface area contributed by atoms with Crippen molar-refractivity contribution >= 4 is 16.7 Å². The number of H-pyrrole nitrogens is 1. The monoisotopic (exact) mass is 428 g/mol. The van der Waals surface area contributed by atoms with Gasteiger partial charge in [-0.1, -0.05) is 31.0 Å². The molecule has 2 aliphatic carbocycles. The fourth-order valence-electron chi connectivity index (χ4n) is 6.66. The number of pyridine rings is 1. The summed E-state index contributed by atoms with van der Waals surface area (Å²) in [7, 11) is 0. The molecule has 0 aliphatic heterocycles. The smallest absolute Gasteiger partial charge is 0.162 e. The summed E-state index contributed by atoms with van der Waals surface area (Å²) < 4.78 is 0. The zero-order chi connectivity index (χ0) is 21.8. The van der Waals surface area contributed by atoms with Crippen LogP contribution >= 0.6 is 0 Å². The number of fused-ring (bicyclic) bond motifs is 3. The van der Waals surface area contributed by atoms with E-state index in [1.807, 2.05) is 42.9 Å². The number of aryl methyl sites for hydroxylation is 1. The molecule has 2 bridgehead atoms. The molecule has 1 N–H and O–H groups in total. The zero-order valence-electron chi connectivity index (χ0n) is 19.1. The van der Waals surface area contributed by atoms with Crippen LogP contribution in [0.25, 0.3) is 10.9 Å². The fraction of sp³-hybridized carbons (Fsp3) is 0.517. The Kier molecular flexibility index (Phi) is 6.71. The van der Waals surface area contributed by atoms with Crippen LogP contribution in [0.2, 0.25) is 0 Å². The van der Waals surface area contributed by atoms with E-state index in [1.54, 1.807) is 0 Å².